The molecule has 1 nitrogen and oxygen atoms in total. The van der Waals surface area contributed by atoms with Gasteiger partial charge in [0.05, 0.1) is 0 Å². The number of carbonyl (C=O) groups excluding carboxylic acids is 1. The molecule has 0 spiro atoms. The minimum atomic E-state index is -0.0274. The van der Waals surface area contributed by atoms with Crippen molar-refractivity contribution >= 4 is 5.78 Å². The Hall–Kier alpha value is -0.330. The minimum absolute atomic E-state index is 0.0274. The molecule has 0 aliphatic heterocycles. The van der Waals surface area contributed by atoms with Gasteiger partial charge in [-0.3, -0.25) is 4.79 Å². The molecule has 0 aromatic heterocycles. The van der Waals surface area contributed by atoms with Gasteiger partial charge in [0, 0.05) is 5.41 Å². The zero-order chi connectivity index (χ0) is 9.90. The van der Waals surface area contributed by atoms with Crippen LogP contribution >= 0.6 is 0 Å². The molecule has 0 radical (unpaired) electrons. The molecule has 1 heteroatoms. The van der Waals surface area contributed by atoms with Gasteiger partial charge in [-0.05, 0) is 32.1 Å². The zero-order valence-corrected chi connectivity index (χ0v) is 9.23. The molecule has 1 fully saturated rings. The minimum Gasteiger partial charge on any atom is -0.299 e. The van der Waals surface area contributed by atoms with E-state index in [-0.39, 0.29) is 5.41 Å². The van der Waals surface area contributed by atoms with Gasteiger partial charge in [0.1, 0.15) is 5.78 Å². The van der Waals surface area contributed by atoms with E-state index in [0.717, 1.165) is 6.42 Å². The average molecular weight is 182 g/mol. The quantitative estimate of drug-likeness (QED) is 0.652. The zero-order valence-electron chi connectivity index (χ0n) is 9.23. The molecule has 0 heterocycles. The van der Waals surface area contributed by atoms with Crippen LogP contribution < -0.4 is 0 Å². The van der Waals surface area contributed by atoms with Gasteiger partial charge in [-0.1, -0.05) is 33.1 Å². The third-order valence-corrected chi connectivity index (χ3v) is 4.04. The Bertz CT molecular complexity index is 180. The largest absolute Gasteiger partial charge is 0.299 e. The molecule has 1 aliphatic carbocycles. The van der Waals surface area contributed by atoms with Crippen molar-refractivity contribution in [2.24, 2.45) is 11.3 Å². The maximum atomic E-state index is 11.6. The van der Waals surface area contributed by atoms with E-state index < -0.39 is 0 Å². The molecule has 1 aliphatic rings. The van der Waals surface area contributed by atoms with Crippen molar-refractivity contribution in [3.63, 3.8) is 0 Å². The van der Waals surface area contributed by atoms with E-state index in [1.54, 1.807) is 6.92 Å². The van der Waals surface area contributed by atoms with E-state index in [4.69, 9.17) is 0 Å². The highest BCUT2D eigenvalue weighted by atomic mass is 16.1. The lowest BCUT2D eigenvalue weighted by atomic mass is 9.66. The number of Topliss-reactive ketones (excluding diaryl/α,β-unsaturated/α-hetero) is 1. The van der Waals surface area contributed by atoms with Crippen molar-refractivity contribution in [3.05, 3.63) is 0 Å². The third-order valence-electron chi connectivity index (χ3n) is 4.04. The van der Waals surface area contributed by atoms with Gasteiger partial charge in [0.25, 0.3) is 0 Å². The fraction of sp³-hybridized carbons (Fsp3) is 0.917. The highest BCUT2D eigenvalue weighted by Crippen LogP contribution is 2.41. The summed E-state index contributed by atoms with van der Waals surface area (Å²) in [5.74, 6) is 1.05. The first-order valence-electron chi connectivity index (χ1n) is 5.62. The molecule has 76 valence electrons. The number of hydrogen-bond donors (Lipinski definition) is 0. The second kappa shape index (κ2) is 4.26. The Morgan fingerprint density at radius 2 is 1.85 bits per heavy atom. The van der Waals surface area contributed by atoms with E-state index in [0.29, 0.717) is 11.7 Å². The van der Waals surface area contributed by atoms with Crippen LogP contribution in [-0.2, 0) is 4.79 Å². The Kier molecular flexibility index (Phi) is 3.52. The van der Waals surface area contributed by atoms with Crippen molar-refractivity contribution < 1.29 is 4.79 Å². The van der Waals surface area contributed by atoms with Crippen LogP contribution in [0.3, 0.4) is 0 Å². The summed E-state index contributed by atoms with van der Waals surface area (Å²) in [6.07, 6.45) is 7.57. The third kappa shape index (κ3) is 2.12. The lowest BCUT2D eigenvalue weighted by Gasteiger charge is -2.37. The second-order valence-corrected chi connectivity index (χ2v) is 4.66. The maximum absolute atomic E-state index is 11.6. The van der Waals surface area contributed by atoms with Crippen LogP contribution in [0.1, 0.15) is 59.3 Å². The first-order valence-corrected chi connectivity index (χ1v) is 5.62. The summed E-state index contributed by atoms with van der Waals surface area (Å²) in [5.41, 5.74) is -0.0274. The van der Waals surface area contributed by atoms with Crippen molar-refractivity contribution in [2.75, 3.05) is 0 Å². The predicted octanol–water partition coefficient (Wildman–Crippen LogP) is 3.57. The van der Waals surface area contributed by atoms with E-state index in [1.807, 2.05) is 0 Å². The Balaban J connectivity index is 2.68. The molecular weight excluding hydrogens is 160 g/mol. The summed E-state index contributed by atoms with van der Waals surface area (Å²) in [4.78, 5) is 11.6. The molecule has 0 aromatic carbocycles. The Morgan fingerprint density at radius 3 is 2.23 bits per heavy atom. The SMILES string of the molecule is CC[C@](C)(C(C)=O)C1CCCCC1. The topological polar surface area (TPSA) is 17.1 Å². The van der Waals surface area contributed by atoms with Crippen LogP contribution in [-0.4, -0.2) is 5.78 Å². The van der Waals surface area contributed by atoms with Gasteiger partial charge < -0.3 is 0 Å². The molecule has 1 atom stereocenters. The van der Waals surface area contributed by atoms with Crippen LogP contribution in [0.2, 0.25) is 0 Å². The summed E-state index contributed by atoms with van der Waals surface area (Å²) >= 11 is 0. The number of rotatable bonds is 3. The monoisotopic (exact) mass is 182 g/mol. The van der Waals surface area contributed by atoms with Gasteiger partial charge in [-0.15, -0.1) is 0 Å². The second-order valence-electron chi connectivity index (χ2n) is 4.66. The number of carbonyl (C=O) groups is 1. The summed E-state index contributed by atoms with van der Waals surface area (Å²) < 4.78 is 0. The van der Waals surface area contributed by atoms with Crippen LogP contribution in [0.4, 0.5) is 0 Å². The smallest absolute Gasteiger partial charge is 0.135 e. The van der Waals surface area contributed by atoms with Crippen molar-refractivity contribution in [1.82, 2.24) is 0 Å². The van der Waals surface area contributed by atoms with E-state index in [2.05, 4.69) is 13.8 Å². The molecule has 1 saturated carbocycles. The fourth-order valence-electron chi connectivity index (χ4n) is 2.56. The summed E-state index contributed by atoms with van der Waals surface area (Å²) in [6, 6.07) is 0. The summed E-state index contributed by atoms with van der Waals surface area (Å²) in [5, 5.41) is 0. The lowest BCUT2D eigenvalue weighted by Crippen LogP contribution is -2.35. The molecule has 1 rings (SSSR count). The molecule has 13 heavy (non-hydrogen) atoms. The molecular formula is C12H22O. The van der Waals surface area contributed by atoms with Crippen molar-refractivity contribution in [3.8, 4) is 0 Å². The number of ketones is 1. The van der Waals surface area contributed by atoms with Crippen molar-refractivity contribution in [2.45, 2.75) is 59.3 Å². The normalized spacial score (nSPS) is 23.9. The standard InChI is InChI=1S/C12H22O/c1-4-12(3,10(2)13)11-8-6-5-7-9-11/h11H,4-9H2,1-3H3/t12-/m1/s1. The molecule has 0 N–H and O–H groups in total. The molecule has 0 unspecified atom stereocenters. The molecule has 0 bridgehead atoms. The van der Waals surface area contributed by atoms with Crippen LogP contribution in [0, 0.1) is 11.3 Å². The summed E-state index contributed by atoms with van der Waals surface area (Å²) in [6.45, 7) is 6.07. The highest BCUT2D eigenvalue weighted by molar-refractivity contribution is 5.82. The van der Waals surface area contributed by atoms with Crippen molar-refractivity contribution in [1.29, 1.82) is 0 Å². The highest BCUT2D eigenvalue weighted by Gasteiger charge is 2.37. The number of hydrogen-bond acceptors (Lipinski definition) is 1. The van der Waals surface area contributed by atoms with Gasteiger partial charge in [0.2, 0.25) is 0 Å². The lowest BCUT2D eigenvalue weighted by molar-refractivity contribution is -0.129. The fourth-order valence-corrected chi connectivity index (χ4v) is 2.56. The molecule has 0 amide bonds. The van der Waals surface area contributed by atoms with Crippen LogP contribution in [0.25, 0.3) is 0 Å². The van der Waals surface area contributed by atoms with Crippen LogP contribution in [0.5, 0.6) is 0 Å². The first-order chi connectivity index (χ1) is 6.11. The average Bonchev–Trinajstić information content (AvgIpc) is 2.17. The van der Waals surface area contributed by atoms with Gasteiger partial charge in [0.15, 0.2) is 0 Å². The molecule has 0 aromatic rings. The molecule has 0 saturated heterocycles. The van der Waals surface area contributed by atoms with E-state index >= 15 is 0 Å². The van der Waals surface area contributed by atoms with E-state index in [9.17, 15) is 4.79 Å². The summed E-state index contributed by atoms with van der Waals surface area (Å²) in [7, 11) is 0. The van der Waals surface area contributed by atoms with Gasteiger partial charge >= 0.3 is 0 Å². The Labute approximate surface area is 81.9 Å². The van der Waals surface area contributed by atoms with Gasteiger partial charge in [-0.25, -0.2) is 0 Å². The van der Waals surface area contributed by atoms with E-state index in [1.165, 1.54) is 32.1 Å². The first kappa shape index (κ1) is 10.7. The predicted molar refractivity (Wildman–Crippen MR) is 55.7 cm³/mol. The van der Waals surface area contributed by atoms with Crippen LogP contribution in [0.15, 0.2) is 0 Å². The Morgan fingerprint density at radius 1 is 1.31 bits per heavy atom. The maximum Gasteiger partial charge on any atom is 0.135 e. The van der Waals surface area contributed by atoms with Gasteiger partial charge in [-0.2, -0.15) is 0 Å².